The number of nitro benzene ring substituents is 1. The first-order chi connectivity index (χ1) is 26.9. The first-order valence-electron chi connectivity index (χ1n) is 15.2. The van der Waals surface area contributed by atoms with E-state index in [0.717, 1.165) is 42.5 Å². The van der Waals surface area contributed by atoms with Crippen LogP contribution in [0.25, 0.3) is 0 Å². The van der Waals surface area contributed by atoms with Gasteiger partial charge in [0.25, 0.3) is 5.69 Å². The topological polar surface area (TPSA) is 300 Å². The maximum Gasteiger partial charge on any atom is 0.416 e. The van der Waals surface area contributed by atoms with Crippen LogP contribution in [0.4, 0.5) is 38.1 Å². The summed E-state index contributed by atoms with van der Waals surface area (Å²) in [6, 6.07) is 9.74. The highest BCUT2D eigenvalue weighted by molar-refractivity contribution is 7.51. The first-order valence-corrected chi connectivity index (χ1v) is 17.3. The normalized spacial score (nSPS) is 11.2. The Morgan fingerprint density at radius 3 is 2.09 bits per heavy atom. The van der Waals surface area contributed by atoms with E-state index in [4.69, 9.17) is 41.4 Å². The van der Waals surface area contributed by atoms with E-state index >= 15 is 0 Å². The molecule has 310 valence electrons. The van der Waals surface area contributed by atoms with Crippen LogP contribution in [0.3, 0.4) is 0 Å². The van der Waals surface area contributed by atoms with Gasteiger partial charge in [-0.3, -0.25) is 29.8 Å². The summed E-state index contributed by atoms with van der Waals surface area (Å²) in [5.74, 6) is -5.85. The summed E-state index contributed by atoms with van der Waals surface area (Å²) in [6.45, 7) is 1.02. The van der Waals surface area contributed by atoms with Crippen LogP contribution < -0.4 is 20.8 Å². The van der Waals surface area contributed by atoms with Gasteiger partial charge in [0.1, 0.15) is 34.4 Å². The van der Waals surface area contributed by atoms with E-state index in [1.54, 1.807) is 0 Å². The molecule has 0 fully saturated rings. The average molecular weight is 865 g/mol. The summed E-state index contributed by atoms with van der Waals surface area (Å²) >= 11 is 5.72. The molecular formula is C32H27ClF5N6O13P. The van der Waals surface area contributed by atoms with E-state index in [0.29, 0.717) is 12.1 Å². The number of halogens is 6. The molecule has 26 heteroatoms. The molecule has 4 aromatic rings. The number of nitrogens with one attached hydrogen (secondary N) is 3. The SMILES string of the molecule is C/C(=N\NC(=O)Nc1cc(F)cc(F)c1)c1ncccc1C(=O)O.O=C(O)CNCP(=O)(O)O.O=C(O)c1cc(Oc2ccc(C(F)(F)F)cc2Cl)ccc1[N+](=O)[O-]. The van der Waals surface area contributed by atoms with Crippen LogP contribution in [-0.2, 0) is 15.5 Å². The number of ether oxygens (including phenoxy) is 1. The minimum absolute atomic E-state index is 0.0758. The van der Waals surface area contributed by atoms with E-state index in [-0.39, 0.29) is 39.2 Å². The number of carbonyl (C=O) groups is 4. The molecule has 0 aliphatic heterocycles. The van der Waals surface area contributed by atoms with E-state index < -0.39 is 83.9 Å². The number of aromatic nitrogens is 1. The van der Waals surface area contributed by atoms with Gasteiger partial charge in [-0.15, -0.1) is 0 Å². The quantitative estimate of drug-likeness (QED) is 0.0260. The van der Waals surface area contributed by atoms with Gasteiger partial charge in [-0.2, -0.15) is 18.3 Å². The fraction of sp³-hybridized carbons (Fsp3) is 0.125. The largest absolute Gasteiger partial charge is 0.480 e. The molecule has 19 nitrogen and oxygen atoms in total. The van der Waals surface area contributed by atoms with Crippen molar-refractivity contribution >= 4 is 60.2 Å². The second-order valence-electron chi connectivity index (χ2n) is 10.8. The van der Waals surface area contributed by atoms with Gasteiger partial charge < -0.3 is 35.2 Å². The Hall–Kier alpha value is -6.59. The number of pyridine rings is 1. The first kappa shape index (κ1) is 47.6. The second kappa shape index (κ2) is 21.1. The summed E-state index contributed by atoms with van der Waals surface area (Å²) in [7, 11) is -4.10. The number of benzene rings is 3. The maximum atomic E-state index is 13.0. The number of carboxylic acid groups (broad SMARTS) is 3. The number of urea groups is 1. The van der Waals surface area contributed by atoms with Gasteiger partial charge >= 0.3 is 37.7 Å². The number of aliphatic carboxylic acids is 1. The number of nitrogens with zero attached hydrogens (tertiary/aromatic N) is 3. The Morgan fingerprint density at radius 1 is 0.948 bits per heavy atom. The Labute approximate surface area is 326 Å². The molecular weight excluding hydrogens is 838 g/mol. The van der Waals surface area contributed by atoms with Crippen molar-refractivity contribution in [3.05, 3.63) is 122 Å². The molecule has 0 aliphatic carbocycles. The van der Waals surface area contributed by atoms with Crippen LogP contribution >= 0.6 is 19.2 Å². The molecule has 2 amide bonds. The second-order valence-corrected chi connectivity index (χ2v) is 12.8. The number of nitro groups is 1. The molecule has 0 atom stereocenters. The zero-order valence-electron chi connectivity index (χ0n) is 28.9. The maximum absolute atomic E-state index is 13.0. The van der Waals surface area contributed by atoms with Crippen LogP contribution in [0.15, 0.2) is 78.0 Å². The molecule has 0 radical (unpaired) electrons. The third-order valence-corrected chi connectivity index (χ3v) is 7.23. The number of hydrogen-bond acceptors (Lipinski definition) is 11. The van der Waals surface area contributed by atoms with Crippen LogP contribution in [0.2, 0.25) is 5.02 Å². The van der Waals surface area contributed by atoms with E-state index in [9.17, 15) is 55.8 Å². The van der Waals surface area contributed by atoms with Gasteiger partial charge in [-0.1, -0.05) is 11.6 Å². The molecule has 0 saturated carbocycles. The van der Waals surface area contributed by atoms with Crippen LogP contribution in [-0.4, -0.2) is 77.5 Å². The van der Waals surface area contributed by atoms with Gasteiger partial charge in [0.15, 0.2) is 0 Å². The van der Waals surface area contributed by atoms with Gasteiger partial charge in [0, 0.05) is 30.1 Å². The molecule has 1 heterocycles. The van der Waals surface area contributed by atoms with Gasteiger partial charge in [-0.05, 0) is 55.5 Å². The summed E-state index contributed by atoms with van der Waals surface area (Å²) in [5.41, 5.74) is -0.0912. The molecule has 1 aromatic heterocycles. The van der Waals surface area contributed by atoms with Crippen molar-refractivity contribution in [2.75, 3.05) is 18.1 Å². The number of alkyl halides is 3. The Bertz CT molecular complexity index is 2240. The molecule has 0 aliphatic rings. The number of hydrazone groups is 1. The highest BCUT2D eigenvalue weighted by Gasteiger charge is 2.31. The van der Waals surface area contributed by atoms with Crippen LogP contribution in [0, 0.1) is 21.7 Å². The summed E-state index contributed by atoms with van der Waals surface area (Å²) in [5, 5.41) is 44.4. The predicted molar refractivity (Wildman–Crippen MR) is 191 cm³/mol. The minimum atomic E-state index is -4.58. The zero-order chi connectivity index (χ0) is 44.0. The molecule has 58 heavy (non-hydrogen) atoms. The van der Waals surface area contributed by atoms with E-state index in [1.807, 2.05) is 0 Å². The molecule has 0 bridgehead atoms. The number of aromatic carboxylic acids is 2. The lowest BCUT2D eigenvalue weighted by atomic mass is 10.1. The van der Waals surface area contributed by atoms with E-state index in [1.165, 1.54) is 25.3 Å². The lowest BCUT2D eigenvalue weighted by Gasteiger charge is -2.11. The van der Waals surface area contributed by atoms with Crippen molar-refractivity contribution in [3.8, 4) is 11.5 Å². The Kier molecular flexibility index (Phi) is 17.3. The zero-order valence-corrected chi connectivity index (χ0v) is 30.6. The highest BCUT2D eigenvalue weighted by atomic mass is 35.5. The Morgan fingerprint density at radius 2 is 1.57 bits per heavy atom. The monoisotopic (exact) mass is 864 g/mol. The fourth-order valence-electron chi connectivity index (χ4n) is 3.94. The molecule has 3 aromatic carbocycles. The predicted octanol–water partition coefficient (Wildman–Crippen LogP) is 6.16. The number of carbonyl (C=O) groups excluding carboxylic acids is 1. The van der Waals surface area contributed by atoms with Crippen molar-refractivity contribution in [3.63, 3.8) is 0 Å². The molecule has 0 unspecified atom stereocenters. The minimum Gasteiger partial charge on any atom is -0.480 e. The lowest BCUT2D eigenvalue weighted by molar-refractivity contribution is -0.385. The summed E-state index contributed by atoms with van der Waals surface area (Å²) < 4.78 is 79.0. The number of hydrogen-bond donors (Lipinski definition) is 8. The fourth-order valence-corrected chi connectivity index (χ4v) is 4.57. The van der Waals surface area contributed by atoms with Gasteiger partial charge in [-0.25, -0.2) is 28.6 Å². The van der Waals surface area contributed by atoms with Crippen molar-refractivity contribution < 1.29 is 80.5 Å². The third-order valence-electron chi connectivity index (χ3n) is 6.30. The number of rotatable bonds is 12. The summed E-state index contributed by atoms with van der Waals surface area (Å²) in [4.78, 5) is 73.7. The highest BCUT2D eigenvalue weighted by Crippen LogP contribution is 2.37. The summed E-state index contributed by atoms with van der Waals surface area (Å²) in [6.07, 6.45) is -3.79. The van der Waals surface area contributed by atoms with Crippen molar-refractivity contribution in [1.29, 1.82) is 0 Å². The standard InChI is InChI=1S/C15H12F2N4O3.C14H7ClF3NO5.C3H8NO5P/c1-8(13-12(14(22)23)3-2-4-18-13)20-21-15(24)19-11-6-9(16)5-10(17)7-11;15-10-5-7(14(16,17)18)1-4-12(10)24-8-2-3-11(19(22)23)9(6-8)13(20)21;5-3(6)1-4-2-10(7,8)9/h2-7H,1H3,(H,22,23)(H2,19,21,24);1-6H,(H,20,21);4H,1-2H2,(H,5,6)(H2,7,8,9)/b20-8+;;. The van der Waals surface area contributed by atoms with Crippen molar-refractivity contribution in [1.82, 2.24) is 15.7 Å². The molecule has 0 saturated heterocycles. The van der Waals surface area contributed by atoms with Gasteiger partial charge in [0.05, 0.1) is 39.6 Å². The molecule has 4 rings (SSSR count). The number of carboxylic acids is 3. The molecule has 0 spiro atoms. The van der Waals surface area contributed by atoms with Crippen molar-refractivity contribution in [2.45, 2.75) is 13.1 Å². The molecule has 8 N–H and O–H groups in total. The number of anilines is 1. The Balaban J connectivity index is 0.000000326. The van der Waals surface area contributed by atoms with Crippen LogP contribution in [0.5, 0.6) is 11.5 Å². The van der Waals surface area contributed by atoms with Crippen molar-refractivity contribution in [2.24, 2.45) is 5.10 Å². The smallest absolute Gasteiger partial charge is 0.416 e. The van der Waals surface area contributed by atoms with Crippen LogP contribution in [0.1, 0.15) is 38.9 Å². The van der Waals surface area contributed by atoms with E-state index in [2.05, 4.69) is 26.1 Å². The third kappa shape index (κ3) is 16.3. The van der Waals surface area contributed by atoms with Gasteiger partial charge in [0.2, 0.25) is 0 Å². The average Bonchev–Trinajstić information content (AvgIpc) is 3.10. The lowest BCUT2D eigenvalue weighted by Crippen LogP contribution is -2.26. The number of amides is 2.